The molecule has 0 aromatic heterocycles. The molecule has 10 heavy (non-hydrogen) atoms. The Balaban J connectivity index is 2.70. The molecule has 1 atom stereocenters. The first-order valence-electron chi connectivity index (χ1n) is 3.00. The monoisotopic (exact) mass is 143 g/mol. The largest absolute Gasteiger partial charge is 0.320 e. The van der Waals surface area contributed by atoms with Crippen molar-refractivity contribution < 1.29 is 9.59 Å². The van der Waals surface area contributed by atoms with E-state index in [1.807, 2.05) is 0 Å². The summed E-state index contributed by atoms with van der Waals surface area (Å²) in [5.41, 5.74) is 5.31. The third-order valence-electron chi connectivity index (χ3n) is 1.49. The number of piperidine rings is 1. The standard InChI is InChI=1S/C5H9N3O2/c6-3-1-2-4(9)8(7)5(3)10/h3H,1-2,6-7H2. The van der Waals surface area contributed by atoms with Gasteiger partial charge in [-0.25, -0.2) is 10.9 Å². The van der Waals surface area contributed by atoms with Gasteiger partial charge in [-0.3, -0.25) is 9.59 Å². The summed E-state index contributed by atoms with van der Waals surface area (Å²) >= 11 is 0. The minimum atomic E-state index is -0.595. The summed E-state index contributed by atoms with van der Waals surface area (Å²) in [6.45, 7) is 0. The van der Waals surface area contributed by atoms with Crippen molar-refractivity contribution in [1.29, 1.82) is 0 Å². The summed E-state index contributed by atoms with van der Waals surface area (Å²) in [6, 6.07) is -0.595. The molecule has 0 bridgehead atoms. The van der Waals surface area contributed by atoms with Gasteiger partial charge in [0.2, 0.25) is 5.91 Å². The van der Waals surface area contributed by atoms with Crippen molar-refractivity contribution in [1.82, 2.24) is 5.01 Å². The summed E-state index contributed by atoms with van der Waals surface area (Å²) in [6.07, 6.45) is 0.675. The number of hydrazine groups is 1. The van der Waals surface area contributed by atoms with E-state index in [9.17, 15) is 9.59 Å². The zero-order valence-corrected chi connectivity index (χ0v) is 5.41. The molecule has 0 radical (unpaired) electrons. The van der Waals surface area contributed by atoms with Crippen molar-refractivity contribution >= 4 is 11.8 Å². The Morgan fingerprint density at radius 2 is 2.10 bits per heavy atom. The van der Waals surface area contributed by atoms with Crippen molar-refractivity contribution in [2.75, 3.05) is 0 Å². The fourth-order valence-corrected chi connectivity index (χ4v) is 0.824. The van der Waals surface area contributed by atoms with Crippen LogP contribution in [0.15, 0.2) is 0 Å². The lowest BCUT2D eigenvalue weighted by Crippen LogP contribution is -2.54. The third-order valence-corrected chi connectivity index (χ3v) is 1.49. The average molecular weight is 143 g/mol. The first-order valence-corrected chi connectivity index (χ1v) is 3.00. The van der Waals surface area contributed by atoms with Gasteiger partial charge in [0.1, 0.15) is 0 Å². The number of nitrogens with zero attached hydrogens (tertiary/aromatic N) is 1. The molecule has 1 fully saturated rings. The summed E-state index contributed by atoms with van der Waals surface area (Å²) in [4.78, 5) is 21.5. The van der Waals surface area contributed by atoms with Gasteiger partial charge >= 0.3 is 0 Å². The molecular weight excluding hydrogens is 134 g/mol. The molecule has 0 spiro atoms. The van der Waals surface area contributed by atoms with E-state index in [4.69, 9.17) is 11.6 Å². The minimum absolute atomic E-state index is 0.267. The van der Waals surface area contributed by atoms with Gasteiger partial charge < -0.3 is 5.73 Å². The zero-order chi connectivity index (χ0) is 7.72. The summed E-state index contributed by atoms with van der Waals surface area (Å²) in [5.74, 6) is 4.22. The highest BCUT2D eigenvalue weighted by molar-refractivity contribution is 5.99. The number of hydrogen-bond donors (Lipinski definition) is 2. The number of carbonyl (C=O) groups is 2. The summed E-state index contributed by atoms with van der Waals surface area (Å²) in [7, 11) is 0. The van der Waals surface area contributed by atoms with Crippen molar-refractivity contribution in [3.63, 3.8) is 0 Å². The number of imide groups is 1. The van der Waals surface area contributed by atoms with Crippen LogP contribution in [0.2, 0.25) is 0 Å². The second-order valence-corrected chi connectivity index (χ2v) is 2.25. The van der Waals surface area contributed by atoms with E-state index in [0.29, 0.717) is 11.4 Å². The summed E-state index contributed by atoms with van der Waals surface area (Å²) in [5, 5.41) is 0.591. The minimum Gasteiger partial charge on any atom is -0.320 e. The van der Waals surface area contributed by atoms with Crippen molar-refractivity contribution in [2.24, 2.45) is 11.6 Å². The van der Waals surface area contributed by atoms with Gasteiger partial charge in [0.25, 0.3) is 5.91 Å². The van der Waals surface area contributed by atoms with Crippen LogP contribution < -0.4 is 11.6 Å². The maximum absolute atomic E-state index is 10.8. The van der Waals surface area contributed by atoms with Crippen LogP contribution in [0, 0.1) is 0 Å². The molecule has 1 rings (SSSR count). The van der Waals surface area contributed by atoms with Gasteiger partial charge in [-0.2, -0.15) is 0 Å². The quantitative estimate of drug-likeness (QED) is 0.241. The molecule has 1 heterocycles. The molecule has 56 valence electrons. The number of hydrogen-bond acceptors (Lipinski definition) is 4. The normalized spacial score (nSPS) is 27.4. The van der Waals surface area contributed by atoms with E-state index in [1.54, 1.807) is 0 Å². The van der Waals surface area contributed by atoms with Crippen LogP contribution in [0.25, 0.3) is 0 Å². The molecule has 1 saturated heterocycles. The van der Waals surface area contributed by atoms with E-state index >= 15 is 0 Å². The molecule has 1 aliphatic heterocycles. The Kier molecular flexibility index (Phi) is 1.69. The Morgan fingerprint density at radius 1 is 1.50 bits per heavy atom. The lowest BCUT2D eigenvalue weighted by molar-refractivity contribution is -0.149. The molecule has 0 aliphatic carbocycles. The first-order chi connectivity index (χ1) is 4.63. The predicted octanol–water partition coefficient (Wildman–Crippen LogP) is -1.66. The van der Waals surface area contributed by atoms with Gasteiger partial charge in [-0.05, 0) is 6.42 Å². The van der Waals surface area contributed by atoms with Crippen LogP contribution in [-0.2, 0) is 9.59 Å². The van der Waals surface area contributed by atoms with Crippen LogP contribution >= 0.6 is 0 Å². The van der Waals surface area contributed by atoms with E-state index < -0.39 is 11.9 Å². The lowest BCUT2D eigenvalue weighted by atomic mass is 10.1. The Morgan fingerprint density at radius 3 is 2.60 bits per heavy atom. The Bertz CT molecular complexity index is 180. The SMILES string of the molecule is NC1CCC(=O)N(N)C1=O. The molecular formula is C5H9N3O2. The highest BCUT2D eigenvalue weighted by Crippen LogP contribution is 2.06. The van der Waals surface area contributed by atoms with Crippen LogP contribution in [0.3, 0.4) is 0 Å². The Labute approximate surface area is 57.9 Å². The van der Waals surface area contributed by atoms with Crippen LogP contribution in [0.4, 0.5) is 0 Å². The van der Waals surface area contributed by atoms with Crippen molar-refractivity contribution in [2.45, 2.75) is 18.9 Å². The zero-order valence-electron chi connectivity index (χ0n) is 5.41. The average Bonchev–Trinajstić information content (AvgIpc) is 1.93. The third kappa shape index (κ3) is 1.01. The predicted molar refractivity (Wildman–Crippen MR) is 33.2 cm³/mol. The lowest BCUT2D eigenvalue weighted by Gasteiger charge is -2.23. The fraction of sp³-hybridized carbons (Fsp3) is 0.600. The highest BCUT2D eigenvalue weighted by atomic mass is 16.2. The van der Waals surface area contributed by atoms with E-state index in [1.165, 1.54) is 0 Å². The van der Waals surface area contributed by atoms with Gasteiger partial charge in [0, 0.05) is 6.42 Å². The second kappa shape index (κ2) is 2.36. The highest BCUT2D eigenvalue weighted by Gasteiger charge is 2.29. The molecule has 1 aliphatic rings. The maximum atomic E-state index is 10.8. The van der Waals surface area contributed by atoms with E-state index in [2.05, 4.69) is 0 Å². The van der Waals surface area contributed by atoms with E-state index in [-0.39, 0.29) is 12.3 Å². The van der Waals surface area contributed by atoms with Crippen molar-refractivity contribution in [3.05, 3.63) is 0 Å². The smallest absolute Gasteiger partial charge is 0.260 e. The van der Waals surface area contributed by atoms with Gasteiger partial charge in [-0.15, -0.1) is 0 Å². The first kappa shape index (κ1) is 7.17. The van der Waals surface area contributed by atoms with Gasteiger partial charge in [0.15, 0.2) is 0 Å². The molecule has 5 heteroatoms. The molecule has 4 N–H and O–H groups in total. The van der Waals surface area contributed by atoms with Crippen LogP contribution in [0.5, 0.6) is 0 Å². The second-order valence-electron chi connectivity index (χ2n) is 2.25. The molecule has 2 amide bonds. The molecule has 0 aromatic carbocycles. The maximum Gasteiger partial charge on any atom is 0.260 e. The van der Waals surface area contributed by atoms with E-state index in [0.717, 1.165) is 0 Å². The fourth-order valence-electron chi connectivity index (χ4n) is 0.824. The summed E-state index contributed by atoms with van der Waals surface area (Å²) < 4.78 is 0. The number of amides is 2. The molecule has 0 aromatic rings. The molecule has 5 nitrogen and oxygen atoms in total. The van der Waals surface area contributed by atoms with Crippen molar-refractivity contribution in [3.8, 4) is 0 Å². The topological polar surface area (TPSA) is 89.4 Å². The van der Waals surface area contributed by atoms with Crippen LogP contribution in [-0.4, -0.2) is 22.9 Å². The van der Waals surface area contributed by atoms with Crippen LogP contribution in [0.1, 0.15) is 12.8 Å². The number of carbonyl (C=O) groups excluding carboxylic acids is 2. The van der Waals surface area contributed by atoms with Gasteiger partial charge in [0.05, 0.1) is 6.04 Å². The molecule has 0 saturated carbocycles. The molecule has 1 unspecified atom stereocenters. The number of rotatable bonds is 0. The number of nitrogens with two attached hydrogens (primary N) is 2. The van der Waals surface area contributed by atoms with Gasteiger partial charge in [-0.1, -0.05) is 0 Å². The Hall–Kier alpha value is -0.940.